The van der Waals surface area contributed by atoms with Crippen molar-refractivity contribution >= 4 is 57.3 Å². The van der Waals surface area contributed by atoms with Gasteiger partial charge in [0.2, 0.25) is 11.8 Å². The molecule has 1 heterocycles. The Morgan fingerprint density at radius 2 is 1.71 bits per heavy atom. The molecule has 0 fully saturated rings. The molecule has 0 spiro atoms. The van der Waals surface area contributed by atoms with Crippen LogP contribution in [0.1, 0.15) is 28.5 Å². The van der Waals surface area contributed by atoms with Crippen molar-refractivity contribution in [1.29, 1.82) is 0 Å². The largest absolute Gasteiger partial charge is 0.326 e. The van der Waals surface area contributed by atoms with Crippen LogP contribution in [0.3, 0.4) is 0 Å². The summed E-state index contributed by atoms with van der Waals surface area (Å²) in [7, 11) is 0. The van der Waals surface area contributed by atoms with Gasteiger partial charge in [0.1, 0.15) is 0 Å². The predicted molar refractivity (Wildman–Crippen MR) is 127 cm³/mol. The minimum absolute atomic E-state index is 0.125. The van der Waals surface area contributed by atoms with Crippen LogP contribution >= 0.6 is 23.1 Å². The summed E-state index contributed by atoms with van der Waals surface area (Å²) >= 11 is 2.80. The van der Waals surface area contributed by atoms with Gasteiger partial charge in [-0.3, -0.25) is 19.7 Å². The number of carbonyl (C=O) groups excluding carboxylic acids is 3. The summed E-state index contributed by atoms with van der Waals surface area (Å²) in [6, 6.07) is 14.3. The topological polar surface area (TPSA) is 100 Å². The zero-order valence-corrected chi connectivity index (χ0v) is 18.7. The molecule has 3 aromatic rings. The summed E-state index contributed by atoms with van der Waals surface area (Å²) in [5.41, 5.74) is 3.75. The number of rotatable bonds is 8. The van der Waals surface area contributed by atoms with Gasteiger partial charge in [-0.2, -0.15) is 0 Å². The van der Waals surface area contributed by atoms with Crippen molar-refractivity contribution in [2.75, 3.05) is 21.7 Å². The van der Waals surface area contributed by atoms with Crippen molar-refractivity contribution in [3.63, 3.8) is 0 Å². The van der Waals surface area contributed by atoms with Gasteiger partial charge in [-0.1, -0.05) is 17.7 Å². The quantitative estimate of drug-likeness (QED) is 0.464. The van der Waals surface area contributed by atoms with E-state index in [0.29, 0.717) is 27.8 Å². The molecule has 0 radical (unpaired) electrons. The van der Waals surface area contributed by atoms with Gasteiger partial charge in [-0.05, 0) is 43.3 Å². The van der Waals surface area contributed by atoms with E-state index in [1.807, 2.05) is 30.5 Å². The maximum absolute atomic E-state index is 12.3. The minimum atomic E-state index is -0.193. The number of aryl methyl sites for hydroxylation is 1. The van der Waals surface area contributed by atoms with Crippen molar-refractivity contribution in [2.45, 2.75) is 19.6 Å². The number of thiazole rings is 1. The van der Waals surface area contributed by atoms with Crippen molar-refractivity contribution in [3.05, 3.63) is 70.7 Å². The number of amides is 3. The fourth-order valence-electron chi connectivity index (χ4n) is 2.67. The molecule has 0 aliphatic rings. The highest BCUT2D eigenvalue weighted by Crippen LogP contribution is 2.21. The second kappa shape index (κ2) is 10.7. The molecule has 3 N–H and O–H groups in total. The van der Waals surface area contributed by atoms with Gasteiger partial charge in [0.15, 0.2) is 5.13 Å². The lowest BCUT2D eigenvalue weighted by Crippen LogP contribution is -2.14. The lowest BCUT2D eigenvalue weighted by Gasteiger charge is -2.06. The molecule has 0 bridgehead atoms. The van der Waals surface area contributed by atoms with Crippen LogP contribution in [0.4, 0.5) is 16.5 Å². The number of nitrogens with one attached hydrogen (secondary N) is 3. The molecule has 0 unspecified atom stereocenters. The van der Waals surface area contributed by atoms with E-state index < -0.39 is 0 Å². The first-order valence-electron chi connectivity index (χ1n) is 9.47. The van der Waals surface area contributed by atoms with Gasteiger partial charge in [0.25, 0.3) is 5.91 Å². The van der Waals surface area contributed by atoms with Crippen LogP contribution in [0, 0.1) is 6.92 Å². The van der Waals surface area contributed by atoms with E-state index in [-0.39, 0.29) is 23.5 Å². The molecule has 3 rings (SSSR count). The van der Waals surface area contributed by atoms with E-state index in [4.69, 9.17) is 0 Å². The summed E-state index contributed by atoms with van der Waals surface area (Å²) < 4.78 is 0. The number of aromatic nitrogens is 1. The van der Waals surface area contributed by atoms with E-state index in [1.54, 1.807) is 30.3 Å². The Morgan fingerprint density at radius 3 is 2.39 bits per heavy atom. The normalized spacial score (nSPS) is 10.4. The molecule has 0 atom stereocenters. The smallest absolute Gasteiger partial charge is 0.257 e. The number of hydrogen-bond donors (Lipinski definition) is 3. The van der Waals surface area contributed by atoms with E-state index in [9.17, 15) is 14.4 Å². The number of hydrogen-bond acceptors (Lipinski definition) is 6. The lowest BCUT2D eigenvalue weighted by molar-refractivity contribution is -0.114. The van der Waals surface area contributed by atoms with Gasteiger partial charge >= 0.3 is 0 Å². The Kier molecular flexibility index (Phi) is 7.80. The van der Waals surface area contributed by atoms with Crippen LogP contribution in [-0.4, -0.2) is 28.5 Å². The minimum Gasteiger partial charge on any atom is -0.326 e. The zero-order chi connectivity index (χ0) is 22.2. The molecule has 7 nitrogen and oxygen atoms in total. The maximum atomic E-state index is 12.3. The highest BCUT2D eigenvalue weighted by molar-refractivity contribution is 7.99. The Morgan fingerprint density at radius 1 is 1.00 bits per heavy atom. The monoisotopic (exact) mass is 454 g/mol. The van der Waals surface area contributed by atoms with Crippen LogP contribution in [-0.2, 0) is 15.3 Å². The zero-order valence-electron chi connectivity index (χ0n) is 17.1. The molecule has 31 heavy (non-hydrogen) atoms. The average Bonchev–Trinajstić information content (AvgIpc) is 3.16. The Labute approximate surface area is 188 Å². The predicted octanol–water partition coefficient (Wildman–Crippen LogP) is 4.53. The van der Waals surface area contributed by atoms with E-state index in [0.717, 1.165) is 11.3 Å². The maximum Gasteiger partial charge on any atom is 0.257 e. The molecule has 0 aliphatic carbocycles. The summed E-state index contributed by atoms with van der Waals surface area (Å²) in [6.07, 6.45) is 0. The second-order valence-corrected chi connectivity index (χ2v) is 8.61. The van der Waals surface area contributed by atoms with Gasteiger partial charge in [0.05, 0.1) is 11.4 Å². The van der Waals surface area contributed by atoms with Crippen molar-refractivity contribution in [1.82, 2.24) is 4.98 Å². The van der Waals surface area contributed by atoms with Crippen LogP contribution in [0.2, 0.25) is 0 Å². The van der Waals surface area contributed by atoms with Gasteiger partial charge < -0.3 is 10.6 Å². The average molecular weight is 455 g/mol. The fraction of sp³-hybridized carbons (Fsp3) is 0.182. The fourth-order valence-corrected chi connectivity index (χ4v) is 4.20. The highest BCUT2D eigenvalue weighted by atomic mass is 32.2. The number of thioether (sulfide) groups is 1. The Bertz CT molecular complexity index is 1080. The first-order valence-corrected chi connectivity index (χ1v) is 11.5. The third kappa shape index (κ3) is 7.23. The van der Waals surface area contributed by atoms with Crippen molar-refractivity contribution in [2.24, 2.45) is 0 Å². The third-order valence-electron chi connectivity index (χ3n) is 4.02. The van der Waals surface area contributed by atoms with E-state index in [2.05, 4.69) is 20.9 Å². The first-order chi connectivity index (χ1) is 14.9. The number of nitrogens with zero attached hydrogens (tertiary/aromatic N) is 1. The summed E-state index contributed by atoms with van der Waals surface area (Å²) in [5, 5.41) is 10.7. The van der Waals surface area contributed by atoms with Crippen LogP contribution in [0.5, 0.6) is 0 Å². The highest BCUT2D eigenvalue weighted by Gasteiger charge is 2.10. The molecule has 2 aromatic carbocycles. The Balaban J connectivity index is 1.42. The Hall–Kier alpha value is -3.17. The molecular formula is C22H22N4O3S2. The van der Waals surface area contributed by atoms with Gasteiger partial charge in [-0.15, -0.1) is 23.1 Å². The van der Waals surface area contributed by atoms with E-state index >= 15 is 0 Å². The summed E-state index contributed by atoms with van der Waals surface area (Å²) in [4.78, 5) is 39.9. The molecule has 0 aliphatic heterocycles. The third-order valence-corrected chi connectivity index (χ3v) is 5.80. The second-order valence-electron chi connectivity index (χ2n) is 6.77. The first kappa shape index (κ1) is 22.5. The van der Waals surface area contributed by atoms with Gasteiger partial charge in [0, 0.05) is 35.0 Å². The van der Waals surface area contributed by atoms with Crippen LogP contribution in [0.25, 0.3) is 0 Å². The molecule has 3 amide bonds. The number of benzene rings is 2. The van der Waals surface area contributed by atoms with Crippen LogP contribution in [0.15, 0.2) is 53.9 Å². The lowest BCUT2D eigenvalue weighted by atomic mass is 10.1. The molecule has 9 heteroatoms. The van der Waals surface area contributed by atoms with Gasteiger partial charge in [-0.25, -0.2) is 4.98 Å². The molecule has 0 saturated carbocycles. The molecule has 160 valence electrons. The molecule has 1 aromatic heterocycles. The number of anilines is 3. The van der Waals surface area contributed by atoms with E-state index in [1.165, 1.54) is 30.0 Å². The van der Waals surface area contributed by atoms with Crippen LogP contribution < -0.4 is 16.0 Å². The van der Waals surface area contributed by atoms with Crippen molar-refractivity contribution < 1.29 is 14.4 Å². The number of carbonyl (C=O) groups is 3. The van der Waals surface area contributed by atoms with Crippen molar-refractivity contribution in [3.8, 4) is 0 Å². The summed E-state index contributed by atoms with van der Waals surface area (Å²) in [6.45, 7) is 3.38. The molecule has 0 saturated heterocycles. The SMILES string of the molecule is CC(=O)Nc1ccc(NC(=O)CSCc2csc(NC(=O)c3cccc(C)c3)n2)cc1. The standard InChI is InChI=1S/C22H22N4O3S2/c1-14-4-3-5-16(10-14)21(29)26-22-25-19(12-31-22)11-30-13-20(28)24-18-8-6-17(7-9-18)23-15(2)27/h3-10,12H,11,13H2,1-2H3,(H,23,27)(H,24,28)(H,25,26,29). The molecular weight excluding hydrogens is 432 g/mol. The summed E-state index contributed by atoms with van der Waals surface area (Å²) in [5.74, 6) is 0.372.